The van der Waals surface area contributed by atoms with Crippen molar-refractivity contribution in [3.8, 4) is 0 Å². The molecule has 0 unspecified atom stereocenters. The number of hydrogen-bond acceptors (Lipinski definition) is 3. The van der Waals surface area contributed by atoms with Crippen LogP contribution in [0.25, 0.3) is 0 Å². The van der Waals surface area contributed by atoms with E-state index in [2.05, 4.69) is 64.2 Å². The van der Waals surface area contributed by atoms with Gasteiger partial charge in [0, 0.05) is 16.8 Å². The van der Waals surface area contributed by atoms with Crippen molar-refractivity contribution < 1.29 is 0 Å². The van der Waals surface area contributed by atoms with Crippen LogP contribution in [0.3, 0.4) is 0 Å². The Kier molecular flexibility index (Phi) is 3.71. The molecule has 2 nitrogen and oxygen atoms in total. The first-order valence-corrected chi connectivity index (χ1v) is 6.83. The maximum atomic E-state index is 4.21. The topological polar surface area (TPSA) is 25.8 Å². The van der Waals surface area contributed by atoms with Crippen LogP contribution in [0.2, 0.25) is 0 Å². The molecule has 0 saturated heterocycles. The molecule has 0 amide bonds. The molecule has 0 aliphatic heterocycles. The lowest BCUT2D eigenvalue weighted by Gasteiger charge is -1.97. The van der Waals surface area contributed by atoms with E-state index in [1.54, 1.807) is 11.3 Å². The van der Waals surface area contributed by atoms with Crippen LogP contribution in [-0.4, -0.2) is 10.2 Å². The van der Waals surface area contributed by atoms with Gasteiger partial charge >= 0.3 is 0 Å². The Hall–Kier alpha value is -0.740. The monoisotopic (exact) mass is 296 g/mol. The molecule has 0 bridgehead atoms. The van der Waals surface area contributed by atoms with Gasteiger partial charge in [0.15, 0.2) is 0 Å². The third kappa shape index (κ3) is 2.89. The van der Waals surface area contributed by atoms with E-state index in [9.17, 15) is 0 Å². The Morgan fingerprint density at radius 3 is 2.44 bits per heavy atom. The van der Waals surface area contributed by atoms with E-state index in [-0.39, 0.29) is 0 Å². The van der Waals surface area contributed by atoms with Crippen LogP contribution in [0.15, 0.2) is 28.7 Å². The van der Waals surface area contributed by atoms with Gasteiger partial charge in [0.1, 0.15) is 10.0 Å². The standard InChI is InChI=1S/C12H13BrN2S/c1-8(2)12-15-14-11(16-12)7-9-3-5-10(13)6-4-9/h3-6,8H,7H2,1-2H3. The predicted octanol–water partition coefficient (Wildman–Crippen LogP) is 4.01. The molecule has 16 heavy (non-hydrogen) atoms. The van der Waals surface area contributed by atoms with Crippen molar-refractivity contribution in [3.05, 3.63) is 44.3 Å². The average molecular weight is 297 g/mol. The Morgan fingerprint density at radius 1 is 1.19 bits per heavy atom. The van der Waals surface area contributed by atoms with Crippen molar-refractivity contribution in [3.63, 3.8) is 0 Å². The van der Waals surface area contributed by atoms with E-state index >= 15 is 0 Å². The van der Waals surface area contributed by atoms with Gasteiger partial charge in [-0.3, -0.25) is 0 Å². The second kappa shape index (κ2) is 5.06. The lowest BCUT2D eigenvalue weighted by molar-refractivity contribution is 0.819. The van der Waals surface area contributed by atoms with Crippen LogP contribution in [0.1, 0.15) is 35.3 Å². The number of benzene rings is 1. The first-order valence-electron chi connectivity index (χ1n) is 5.22. The molecule has 1 aromatic heterocycles. The smallest absolute Gasteiger partial charge is 0.121 e. The van der Waals surface area contributed by atoms with E-state index in [0.29, 0.717) is 5.92 Å². The first kappa shape index (κ1) is 11.7. The quantitative estimate of drug-likeness (QED) is 0.855. The maximum Gasteiger partial charge on any atom is 0.121 e. The van der Waals surface area contributed by atoms with Crippen molar-refractivity contribution in [2.24, 2.45) is 0 Å². The molecule has 2 rings (SSSR count). The zero-order valence-corrected chi connectivity index (χ0v) is 11.7. The molecule has 1 heterocycles. The highest BCUT2D eigenvalue weighted by molar-refractivity contribution is 9.10. The molecule has 1 aromatic carbocycles. The van der Waals surface area contributed by atoms with Gasteiger partial charge in [0.2, 0.25) is 0 Å². The Balaban J connectivity index is 2.11. The van der Waals surface area contributed by atoms with E-state index in [0.717, 1.165) is 20.9 Å². The van der Waals surface area contributed by atoms with Gasteiger partial charge in [-0.2, -0.15) is 0 Å². The third-order valence-electron chi connectivity index (χ3n) is 2.24. The Labute approximate surface area is 108 Å². The van der Waals surface area contributed by atoms with Crippen molar-refractivity contribution in [1.82, 2.24) is 10.2 Å². The highest BCUT2D eigenvalue weighted by Gasteiger charge is 2.07. The minimum absolute atomic E-state index is 0.469. The van der Waals surface area contributed by atoms with Gasteiger partial charge < -0.3 is 0 Å². The van der Waals surface area contributed by atoms with Crippen LogP contribution in [0.4, 0.5) is 0 Å². The van der Waals surface area contributed by atoms with E-state index < -0.39 is 0 Å². The van der Waals surface area contributed by atoms with Gasteiger partial charge in [-0.05, 0) is 17.7 Å². The van der Waals surface area contributed by atoms with Crippen molar-refractivity contribution in [2.75, 3.05) is 0 Å². The summed E-state index contributed by atoms with van der Waals surface area (Å²) in [7, 11) is 0. The molecule has 2 aromatic rings. The zero-order valence-electron chi connectivity index (χ0n) is 9.27. The molecule has 4 heteroatoms. The summed E-state index contributed by atoms with van der Waals surface area (Å²) in [6.07, 6.45) is 0.873. The Morgan fingerprint density at radius 2 is 1.88 bits per heavy atom. The molecule has 0 spiro atoms. The molecule has 0 radical (unpaired) electrons. The van der Waals surface area contributed by atoms with Crippen LogP contribution < -0.4 is 0 Å². The molecule has 0 atom stereocenters. The van der Waals surface area contributed by atoms with E-state index in [1.807, 2.05) is 0 Å². The summed E-state index contributed by atoms with van der Waals surface area (Å²) >= 11 is 5.13. The maximum absolute atomic E-state index is 4.21. The number of rotatable bonds is 3. The predicted molar refractivity (Wildman–Crippen MR) is 70.9 cm³/mol. The average Bonchev–Trinajstić information content (AvgIpc) is 2.70. The van der Waals surface area contributed by atoms with E-state index in [1.165, 1.54) is 5.56 Å². The normalized spacial score (nSPS) is 11.0. The Bertz CT molecular complexity index is 462. The van der Waals surface area contributed by atoms with Gasteiger partial charge in [0.25, 0.3) is 0 Å². The van der Waals surface area contributed by atoms with Crippen molar-refractivity contribution in [2.45, 2.75) is 26.2 Å². The second-order valence-corrected chi connectivity index (χ2v) is 6.00. The molecular formula is C12H13BrN2S. The summed E-state index contributed by atoms with van der Waals surface area (Å²) in [4.78, 5) is 0. The summed E-state index contributed by atoms with van der Waals surface area (Å²) in [6.45, 7) is 4.29. The fourth-order valence-electron chi connectivity index (χ4n) is 1.35. The highest BCUT2D eigenvalue weighted by atomic mass is 79.9. The van der Waals surface area contributed by atoms with Crippen LogP contribution in [0.5, 0.6) is 0 Å². The fraction of sp³-hybridized carbons (Fsp3) is 0.333. The lowest BCUT2D eigenvalue weighted by Crippen LogP contribution is -1.86. The summed E-state index contributed by atoms with van der Waals surface area (Å²) in [5.74, 6) is 0.469. The van der Waals surface area contributed by atoms with Crippen LogP contribution in [0, 0.1) is 0 Å². The minimum atomic E-state index is 0.469. The van der Waals surface area contributed by atoms with Gasteiger partial charge in [-0.1, -0.05) is 41.9 Å². The summed E-state index contributed by atoms with van der Waals surface area (Å²) in [5, 5.41) is 10.6. The van der Waals surface area contributed by atoms with Gasteiger partial charge in [-0.15, -0.1) is 21.5 Å². The van der Waals surface area contributed by atoms with E-state index in [4.69, 9.17) is 0 Å². The summed E-state index contributed by atoms with van der Waals surface area (Å²) in [5.41, 5.74) is 1.27. The number of hydrogen-bond donors (Lipinski definition) is 0. The molecule has 0 aliphatic carbocycles. The number of nitrogens with zero attached hydrogens (tertiary/aromatic N) is 2. The zero-order chi connectivity index (χ0) is 11.5. The van der Waals surface area contributed by atoms with Gasteiger partial charge in [0.05, 0.1) is 0 Å². The van der Waals surface area contributed by atoms with Crippen molar-refractivity contribution in [1.29, 1.82) is 0 Å². The number of aromatic nitrogens is 2. The molecule has 84 valence electrons. The minimum Gasteiger partial charge on any atom is -0.143 e. The SMILES string of the molecule is CC(C)c1nnc(Cc2ccc(Br)cc2)s1. The molecule has 0 N–H and O–H groups in total. The molecule has 0 fully saturated rings. The first-order chi connectivity index (χ1) is 7.65. The highest BCUT2D eigenvalue weighted by Crippen LogP contribution is 2.21. The molecular weight excluding hydrogens is 284 g/mol. The summed E-state index contributed by atoms with van der Waals surface area (Å²) < 4.78 is 1.11. The third-order valence-corrected chi connectivity index (χ3v) is 4.00. The second-order valence-electron chi connectivity index (χ2n) is 3.99. The molecule has 0 aliphatic rings. The van der Waals surface area contributed by atoms with Crippen LogP contribution in [-0.2, 0) is 6.42 Å². The van der Waals surface area contributed by atoms with Crippen molar-refractivity contribution >= 4 is 27.3 Å². The largest absolute Gasteiger partial charge is 0.143 e. The summed E-state index contributed by atoms with van der Waals surface area (Å²) in [6, 6.07) is 8.33. The van der Waals surface area contributed by atoms with Crippen LogP contribution >= 0.6 is 27.3 Å². The van der Waals surface area contributed by atoms with Gasteiger partial charge in [-0.25, -0.2) is 0 Å². The molecule has 0 saturated carbocycles. The fourth-order valence-corrected chi connectivity index (χ4v) is 2.49. The lowest BCUT2D eigenvalue weighted by atomic mass is 10.2. The number of halogens is 1.